The zero-order chi connectivity index (χ0) is 26.4. The van der Waals surface area contributed by atoms with Crippen LogP contribution in [0, 0.1) is 11.8 Å². The first kappa shape index (κ1) is 25.1. The van der Waals surface area contributed by atoms with Crippen LogP contribution in [0.2, 0.25) is 0 Å². The van der Waals surface area contributed by atoms with Crippen LogP contribution in [0.25, 0.3) is 11.1 Å². The molecule has 3 aromatic rings. The van der Waals surface area contributed by atoms with Gasteiger partial charge in [0.05, 0.1) is 32.0 Å². The van der Waals surface area contributed by atoms with Crippen molar-refractivity contribution in [2.24, 2.45) is 18.9 Å². The summed E-state index contributed by atoms with van der Waals surface area (Å²) in [6.45, 7) is 8.39. The van der Waals surface area contributed by atoms with Gasteiger partial charge in [-0.05, 0) is 43.0 Å². The van der Waals surface area contributed by atoms with E-state index in [1.54, 1.807) is 14.0 Å². The first-order valence-electron chi connectivity index (χ1n) is 13.7. The molecule has 5 heterocycles. The topological polar surface area (TPSA) is 77.7 Å². The van der Waals surface area contributed by atoms with Gasteiger partial charge in [0.1, 0.15) is 0 Å². The summed E-state index contributed by atoms with van der Waals surface area (Å²) in [7, 11) is 3.72. The molecule has 9 heteroatoms. The number of fused-ring (bicyclic) bond motifs is 2. The van der Waals surface area contributed by atoms with Gasteiger partial charge >= 0.3 is 0 Å². The Labute approximate surface area is 224 Å². The van der Waals surface area contributed by atoms with Crippen molar-refractivity contribution in [3.8, 4) is 11.1 Å². The average molecular weight is 519 g/mol. The Bertz CT molecular complexity index is 1320. The fraction of sp³-hybridized carbons (Fsp3) is 0.552. The van der Waals surface area contributed by atoms with Crippen molar-refractivity contribution in [2.45, 2.75) is 45.7 Å². The lowest BCUT2D eigenvalue weighted by atomic mass is 9.90. The van der Waals surface area contributed by atoms with Gasteiger partial charge in [0.15, 0.2) is 5.82 Å². The molecule has 3 aliphatic heterocycles. The van der Waals surface area contributed by atoms with E-state index in [0.29, 0.717) is 25.0 Å². The number of hydrogen-bond donors (Lipinski definition) is 0. The lowest BCUT2D eigenvalue weighted by molar-refractivity contribution is -0.129. The molecule has 3 atom stereocenters. The molecular formula is C29H38N6O3. The van der Waals surface area contributed by atoms with E-state index in [4.69, 9.17) is 14.6 Å². The Morgan fingerprint density at radius 3 is 2.87 bits per heavy atom. The fourth-order valence-corrected chi connectivity index (χ4v) is 6.43. The van der Waals surface area contributed by atoms with Crippen molar-refractivity contribution in [1.82, 2.24) is 24.5 Å². The third-order valence-electron chi connectivity index (χ3n) is 8.56. The molecule has 1 saturated heterocycles. The molecule has 0 N–H and O–H groups in total. The van der Waals surface area contributed by atoms with Crippen LogP contribution < -0.4 is 4.90 Å². The van der Waals surface area contributed by atoms with E-state index in [-0.39, 0.29) is 11.9 Å². The molecule has 1 amide bonds. The largest absolute Gasteiger partial charge is 0.384 e. The summed E-state index contributed by atoms with van der Waals surface area (Å²) in [4.78, 5) is 16.7. The van der Waals surface area contributed by atoms with Crippen LogP contribution in [0.15, 0.2) is 30.6 Å². The predicted octanol–water partition coefficient (Wildman–Crippen LogP) is 3.74. The first-order chi connectivity index (χ1) is 18.4. The van der Waals surface area contributed by atoms with E-state index in [9.17, 15) is 4.79 Å². The van der Waals surface area contributed by atoms with Gasteiger partial charge in [-0.3, -0.25) is 14.2 Å². The Morgan fingerprint density at radius 2 is 2.16 bits per heavy atom. The van der Waals surface area contributed by atoms with E-state index in [1.165, 1.54) is 28.1 Å². The molecule has 1 aromatic carbocycles. The van der Waals surface area contributed by atoms with Gasteiger partial charge in [-0.25, -0.2) is 0 Å². The highest BCUT2D eigenvalue weighted by molar-refractivity contribution is 5.76. The van der Waals surface area contributed by atoms with Gasteiger partial charge in [0.2, 0.25) is 5.91 Å². The van der Waals surface area contributed by atoms with Gasteiger partial charge in [-0.2, -0.15) is 10.2 Å². The standard InChI is InChI=1S/C29H38N6O3/c1-19(23-8-10-38-18-23)35-28-7-9-33(20(2)36)16-26(28)29(31-35)34-14-21(17-37-4)11-24-12-22(5-6-27(24)34)25-13-30-32(3)15-25/h5-6,12-13,15,19,21,23H,7-11,14,16-18H2,1-4H3/t19-,21?,23+/m1/s1. The monoisotopic (exact) mass is 518 g/mol. The summed E-state index contributed by atoms with van der Waals surface area (Å²) in [5.41, 5.74) is 7.20. The number of carbonyl (C=O) groups excluding carboxylic acids is 1. The number of ether oxygens (including phenoxy) is 2. The second kappa shape index (κ2) is 10.2. The molecule has 1 fully saturated rings. The molecule has 0 bridgehead atoms. The Balaban J connectivity index is 1.44. The number of rotatable bonds is 6. The van der Waals surface area contributed by atoms with Crippen molar-refractivity contribution in [2.75, 3.05) is 44.9 Å². The summed E-state index contributed by atoms with van der Waals surface area (Å²) in [5, 5.41) is 9.69. The van der Waals surface area contributed by atoms with Crippen LogP contribution in [-0.4, -0.2) is 70.4 Å². The minimum Gasteiger partial charge on any atom is -0.384 e. The number of anilines is 2. The molecule has 6 rings (SSSR count). The summed E-state index contributed by atoms with van der Waals surface area (Å²) in [6.07, 6.45) is 6.80. The highest BCUT2D eigenvalue weighted by atomic mass is 16.5. The molecule has 3 aliphatic rings. The SMILES string of the molecule is COCC1Cc2cc(-c3cnn(C)c3)ccc2N(c2nn([C@H](C)[C@H]3CCOC3)c3c2CN(C(C)=O)CC3)C1. The van der Waals surface area contributed by atoms with Crippen molar-refractivity contribution in [3.05, 3.63) is 47.4 Å². The Morgan fingerprint density at radius 1 is 1.29 bits per heavy atom. The van der Waals surface area contributed by atoms with Gasteiger partial charge < -0.3 is 19.3 Å². The normalized spacial score (nSPS) is 21.9. The predicted molar refractivity (Wildman–Crippen MR) is 145 cm³/mol. The second-order valence-electron chi connectivity index (χ2n) is 11.1. The molecular weight excluding hydrogens is 480 g/mol. The highest BCUT2D eigenvalue weighted by Crippen LogP contribution is 2.42. The van der Waals surface area contributed by atoms with Gasteiger partial charge in [-0.1, -0.05) is 6.07 Å². The zero-order valence-electron chi connectivity index (χ0n) is 22.9. The number of carbonyl (C=O) groups is 1. The van der Waals surface area contributed by atoms with Crippen LogP contribution in [0.3, 0.4) is 0 Å². The average Bonchev–Trinajstić information content (AvgIpc) is 3.67. The lowest BCUT2D eigenvalue weighted by Gasteiger charge is -2.36. The maximum atomic E-state index is 12.4. The summed E-state index contributed by atoms with van der Waals surface area (Å²) in [5.74, 6) is 1.89. The molecule has 0 radical (unpaired) electrons. The van der Waals surface area contributed by atoms with Crippen LogP contribution in [-0.2, 0) is 40.7 Å². The molecule has 2 aromatic heterocycles. The van der Waals surface area contributed by atoms with E-state index < -0.39 is 0 Å². The molecule has 0 aliphatic carbocycles. The van der Waals surface area contributed by atoms with Crippen molar-refractivity contribution < 1.29 is 14.3 Å². The summed E-state index contributed by atoms with van der Waals surface area (Å²) >= 11 is 0. The van der Waals surface area contributed by atoms with Crippen molar-refractivity contribution >= 4 is 17.4 Å². The molecule has 9 nitrogen and oxygen atoms in total. The van der Waals surface area contributed by atoms with Crippen molar-refractivity contribution in [3.63, 3.8) is 0 Å². The zero-order valence-corrected chi connectivity index (χ0v) is 22.9. The summed E-state index contributed by atoms with van der Waals surface area (Å²) < 4.78 is 15.5. The smallest absolute Gasteiger partial charge is 0.219 e. The number of nitrogens with zero attached hydrogens (tertiary/aromatic N) is 6. The van der Waals surface area contributed by atoms with Gasteiger partial charge in [0, 0.05) is 87.7 Å². The van der Waals surface area contributed by atoms with E-state index in [1.807, 2.05) is 22.8 Å². The van der Waals surface area contributed by atoms with Gasteiger partial charge in [0.25, 0.3) is 0 Å². The maximum Gasteiger partial charge on any atom is 0.219 e. The fourth-order valence-electron chi connectivity index (χ4n) is 6.43. The quantitative estimate of drug-likeness (QED) is 0.495. The minimum atomic E-state index is 0.115. The lowest BCUT2D eigenvalue weighted by Crippen LogP contribution is -2.37. The number of hydrogen-bond acceptors (Lipinski definition) is 6. The Kier molecular flexibility index (Phi) is 6.74. The third-order valence-corrected chi connectivity index (χ3v) is 8.56. The third kappa shape index (κ3) is 4.52. The number of aryl methyl sites for hydroxylation is 1. The van der Waals surface area contributed by atoms with Crippen LogP contribution in [0.1, 0.15) is 43.1 Å². The number of methoxy groups -OCH3 is 1. The molecule has 1 unspecified atom stereocenters. The van der Waals surface area contributed by atoms with Crippen LogP contribution >= 0.6 is 0 Å². The second-order valence-corrected chi connectivity index (χ2v) is 11.1. The first-order valence-corrected chi connectivity index (χ1v) is 13.7. The number of benzene rings is 1. The highest BCUT2D eigenvalue weighted by Gasteiger charge is 2.36. The van der Waals surface area contributed by atoms with E-state index in [2.05, 4.69) is 46.0 Å². The number of aromatic nitrogens is 4. The molecule has 0 saturated carbocycles. The van der Waals surface area contributed by atoms with Crippen LogP contribution in [0.5, 0.6) is 0 Å². The van der Waals surface area contributed by atoms with Crippen LogP contribution in [0.4, 0.5) is 11.5 Å². The molecule has 202 valence electrons. The molecule has 38 heavy (non-hydrogen) atoms. The van der Waals surface area contributed by atoms with E-state index in [0.717, 1.165) is 56.9 Å². The van der Waals surface area contributed by atoms with E-state index >= 15 is 0 Å². The Hall–Kier alpha value is -3.17. The van der Waals surface area contributed by atoms with Gasteiger partial charge in [-0.15, -0.1) is 0 Å². The number of amides is 1. The molecule has 0 spiro atoms. The minimum absolute atomic E-state index is 0.115. The maximum absolute atomic E-state index is 12.4. The summed E-state index contributed by atoms with van der Waals surface area (Å²) in [6, 6.07) is 6.95. The van der Waals surface area contributed by atoms with Crippen molar-refractivity contribution in [1.29, 1.82) is 0 Å².